The molecule has 1 aromatic heterocycles. The number of carbonyl (C=O) groups excluding carboxylic acids is 1. The van der Waals surface area contributed by atoms with Crippen molar-refractivity contribution in [2.24, 2.45) is 0 Å². The highest BCUT2D eigenvalue weighted by Crippen LogP contribution is 2.07. The molecule has 4 heteroatoms. The maximum atomic E-state index is 11.5. The van der Waals surface area contributed by atoms with Crippen molar-refractivity contribution >= 4 is 5.91 Å². The van der Waals surface area contributed by atoms with Gasteiger partial charge in [0.2, 0.25) is 0 Å². The van der Waals surface area contributed by atoms with Gasteiger partial charge in [-0.25, -0.2) is 0 Å². The topological polar surface area (TPSA) is 46.9 Å². The number of amides is 1. The standard InChI is InChI=1S/C13H15N3O/c1-10-7-15-16(8-10)9-11-4-3-5-12(6-11)13(17)14-2/h3-8H,9H2,1-2H3,(H,14,17). The molecular formula is C13H15N3O. The number of carbonyl (C=O) groups is 1. The molecule has 0 aliphatic carbocycles. The van der Waals surface area contributed by atoms with Gasteiger partial charge >= 0.3 is 0 Å². The van der Waals surface area contributed by atoms with E-state index < -0.39 is 0 Å². The molecule has 1 aromatic carbocycles. The molecule has 4 nitrogen and oxygen atoms in total. The molecule has 1 amide bonds. The van der Waals surface area contributed by atoms with E-state index in [-0.39, 0.29) is 5.91 Å². The smallest absolute Gasteiger partial charge is 0.251 e. The fraction of sp³-hybridized carbons (Fsp3) is 0.231. The molecular weight excluding hydrogens is 214 g/mol. The maximum Gasteiger partial charge on any atom is 0.251 e. The Kier molecular flexibility index (Phi) is 3.23. The van der Waals surface area contributed by atoms with E-state index in [0.717, 1.165) is 11.1 Å². The summed E-state index contributed by atoms with van der Waals surface area (Å²) in [5, 5.41) is 6.84. The summed E-state index contributed by atoms with van der Waals surface area (Å²) < 4.78 is 1.86. The Morgan fingerprint density at radius 1 is 1.47 bits per heavy atom. The molecule has 2 aromatic rings. The van der Waals surface area contributed by atoms with E-state index in [4.69, 9.17) is 0 Å². The average Bonchev–Trinajstić information content (AvgIpc) is 2.74. The fourth-order valence-electron chi connectivity index (χ4n) is 1.70. The predicted octanol–water partition coefficient (Wildman–Crippen LogP) is 1.60. The highest BCUT2D eigenvalue weighted by molar-refractivity contribution is 5.94. The van der Waals surface area contributed by atoms with Gasteiger partial charge in [0, 0.05) is 18.8 Å². The number of benzene rings is 1. The van der Waals surface area contributed by atoms with Crippen LogP contribution in [-0.2, 0) is 6.54 Å². The first-order valence-electron chi connectivity index (χ1n) is 5.49. The third-order valence-corrected chi connectivity index (χ3v) is 2.52. The number of hydrogen-bond donors (Lipinski definition) is 1. The molecule has 0 atom stereocenters. The summed E-state index contributed by atoms with van der Waals surface area (Å²) >= 11 is 0. The number of rotatable bonds is 3. The Labute approximate surface area is 100 Å². The Morgan fingerprint density at radius 2 is 2.29 bits per heavy atom. The summed E-state index contributed by atoms with van der Waals surface area (Å²) in [6, 6.07) is 7.56. The van der Waals surface area contributed by atoms with Gasteiger partial charge in [0.05, 0.1) is 12.7 Å². The van der Waals surface area contributed by atoms with E-state index in [1.807, 2.05) is 42.2 Å². The molecule has 0 unspecified atom stereocenters. The Morgan fingerprint density at radius 3 is 2.94 bits per heavy atom. The van der Waals surface area contributed by atoms with Crippen LogP contribution in [0.1, 0.15) is 21.5 Å². The van der Waals surface area contributed by atoms with E-state index in [0.29, 0.717) is 12.1 Å². The Balaban J connectivity index is 2.19. The average molecular weight is 229 g/mol. The molecule has 2 rings (SSSR count). The largest absolute Gasteiger partial charge is 0.355 e. The first kappa shape index (κ1) is 11.4. The number of nitrogens with one attached hydrogen (secondary N) is 1. The maximum absolute atomic E-state index is 11.5. The minimum Gasteiger partial charge on any atom is -0.355 e. The van der Waals surface area contributed by atoms with Crippen LogP contribution in [0.4, 0.5) is 0 Å². The summed E-state index contributed by atoms with van der Waals surface area (Å²) in [5.74, 6) is -0.0662. The molecule has 0 saturated carbocycles. The van der Waals surface area contributed by atoms with Crippen LogP contribution in [0.2, 0.25) is 0 Å². The van der Waals surface area contributed by atoms with Crippen LogP contribution in [0.5, 0.6) is 0 Å². The van der Waals surface area contributed by atoms with Gasteiger partial charge in [0.25, 0.3) is 5.91 Å². The fourth-order valence-corrected chi connectivity index (χ4v) is 1.70. The van der Waals surface area contributed by atoms with E-state index in [9.17, 15) is 4.79 Å². The van der Waals surface area contributed by atoms with Gasteiger partial charge in [0.1, 0.15) is 0 Å². The highest BCUT2D eigenvalue weighted by atomic mass is 16.1. The summed E-state index contributed by atoms with van der Waals surface area (Å²) in [5.41, 5.74) is 2.87. The first-order valence-corrected chi connectivity index (χ1v) is 5.49. The minimum atomic E-state index is -0.0662. The quantitative estimate of drug-likeness (QED) is 0.869. The van der Waals surface area contributed by atoms with Crippen molar-refractivity contribution in [2.45, 2.75) is 13.5 Å². The molecule has 17 heavy (non-hydrogen) atoms. The lowest BCUT2D eigenvalue weighted by atomic mass is 10.1. The normalized spacial score (nSPS) is 10.2. The first-order chi connectivity index (χ1) is 8.19. The Hall–Kier alpha value is -2.10. The van der Waals surface area contributed by atoms with Crippen molar-refractivity contribution in [3.05, 3.63) is 53.3 Å². The van der Waals surface area contributed by atoms with E-state index in [1.165, 1.54) is 0 Å². The van der Waals surface area contributed by atoms with E-state index in [1.54, 1.807) is 13.1 Å². The lowest BCUT2D eigenvalue weighted by molar-refractivity contribution is 0.0963. The van der Waals surface area contributed by atoms with E-state index >= 15 is 0 Å². The van der Waals surface area contributed by atoms with Gasteiger partial charge in [-0.3, -0.25) is 9.48 Å². The van der Waals surface area contributed by atoms with Gasteiger partial charge in [-0.15, -0.1) is 0 Å². The third kappa shape index (κ3) is 2.72. The number of nitrogens with zero attached hydrogens (tertiary/aromatic N) is 2. The molecule has 0 bridgehead atoms. The molecule has 88 valence electrons. The second kappa shape index (κ2) is 4.82. The second-order valence-electron chi connectivity index (χ2n) is 3.99. The predicted molar refractivity (Wildman–Crippen MR) is 65.9 cm³/mol. The molecule has 0 radical (unpaired) electrons. The molecule has 0 fully saturated rings. The van der Waals surface area contributed by atoms with Crippen LogP contribution < -0.4 is 5.32 Å². The SMILES string of the molecule is CNC(=O)c1cccc(Cn2cc(C)cn2)c1. The number of aryl methyl sites for hydroxylation is 1. The molecule has 0 saturated heterocycles. The van der Waals surface area contributed by atoms with Gasteiger partial charge in [-0.05, 0) is 30.2 Å². The Bertz CT molecular complexity index is 531. The van der Waals surface area contributed by atoms with Gasteiger partial charge in [-0.2, -0.15) is 5.10 Å². The molecule has 1 heterocycles. The van der Waals surface area contributed by atoms with Gasteiger partial charge in [-0.1, -0.05) is 12.1 Å². The van der Waals surface area contributed by atoms with Crippen LogP contribution in [0.25, 0.3) is 0 Å². The van der Waals surface area contributed by atoms with Gasteiger partial charge < -0.3 is 5.32 Å². The lowest BCUT2D eigenvalue weighted by Crippen LogP contribution is -2.17. The molecule has 0 spiro atoms. The zero-order valence-corrected chi connectivity index (χ0v) is 9.97. The van der Waals surface area contributed by atoms with Crippen molar-refractivity contribution in [2.75, 3.05) is 7.05 Å². The summed E-state index contributed by atoms with van der Waals surface area (Å²) in [4.78, 5) is 11.5. The van der Waals surface area contributed by atoms with Gasteiger partial charge in [0.15, 0.2) is 0 Å². The van der Waals surface area contributed by atoms with Crippen LogP contribution in [0, 0.1) is 6.92 Å². The zero-order chi connectivity index (χ0) is 12.3. The molecule has 0 aliphatic rings. The molecule has 1 N–H and O–H groups in total. The third-order valence-electron chi connectivity index (χ3n) is 2.52. The highest BCUT2D eigenvalue weighted by Gasteiger charge is 2.04. The summed E-state index contributed by atoms with van der Waals surface area (Å²) in [6.07, 6.45) is 3.80. The molecule has 0 aliphatic heterocycles. The van der Waals surface area contributed by atoms with Crippen LogP contribution in [-0.4, -0.2) is 22.7 Å². The van der Waals surface area contributed by atoms with Crippen molar-refractivity contribution in [1.29, 1.82) is 0 Å². The minimum absolute atomic E-state index is 0.0662. The van der Waals surface area contributed by atoms with E-state index in [2.05, 4.69) is 10.4 Å². The number of aromatic nitrogens is 2. The summed E-state index contributed by atoms with van der Waals surface area (Å²) in [7, 11) is 1.63. The van der Waals surface area contributed by atoms with Crippen molar-refractivity contribution in [1.82, 2.24) is 15.1 Å². The summed E-state index contributed by atoms with van der Waals surface area (Å²) in [6.45, 7) is 2.68. The van der Waals surface area contributed by atoms with Crippen molar-refractivity contribution in [3.8, 4) is 0 Å². The van der Waals surface area contributed by atoms with Crippen LogP contribution in [0.15, 0.2) is 36.7 Å². The number of hydrogen-bond acceptors (Lipinski definition) is 2. The zero-order valence-electron chi connectivity index (χ0n) is 9.97. The van der Waals surface area contributed by atoms with Crippen LogP contribution >= 0.6 is 0 Å². The van der Waals surface area contributed by atoms with Crippen molar-refractivity contribution < 1.29 is 4.79 Å². The lowest BCUT2D eigenvalue weighted by Gasteiger charge is -2.04. The van der Waals surface area contributed by atoms with Crippen molar-refractivity contribution in [3.63, 3.8) is 0 Å². The second-order valence-corrected chi connectivity index (χ2v) is 3.99. The monoisotopic (exact) mass is 229 g/mol. The van der Waals surface area contributed by atoms with Crippen LogP contribution in [0.3, 0.4) is 0 Å².